The van der Waals surface area contributed by atoms with E-state index < -0.39 is 0 Å². The Balaban J connectivity index is 2.15. The molecule has 0 aliphatic heterocycles. The van der Waals surface area contributed by atoms with Gasteiger partial charge in [-0.15, -0.1) is 0 Å². The highest BCUT2D eigenvalue weighted by Gasteiger charge is 1.89. The van der Waals surface area contributed by atoms with Crippen LogP contribution in [0.2, 0.25) is 0 Å². The lowest BCUT2D eigenvalue weighted by Crippen LogP contribution is -1.78. The molecule has 0 spiro atoms. The van der Waals surface area contributed by atoms with Crippen LogP contribution in [0.4, 0.5) is 0 Å². The van der Waals surface area contributed by atoms with Crippen molar-refractivity contribution in [2.45, 2.75) is 0 Å². The van der Waals surface area contributed by atoms with E-state index in [-0.39, 0.29) is 0 Å². The molecule has 2 heteroatoms. The molecule has 1 aromatic heterocycles. The van der Waals surface area contributed by atoms with Gasteiger partial charge in [0.2, 0.25) is 0 Å². The highest BCUT2D eigenvalue weighted by Crippen LogP contribution is 2.10. The predicted octanol–water partition coefficient (Wildman–Crippen LogP) is 4.01. The number of pyridine rings is 1. The lowest BCUT2D eigenvalue weighted by molar-refractivity contribution is 1.28. The summed E-state index contributed by atoms with van der Waals surface area (Å²) >= 11 is 3.35. The molecule has 0 N–H and O–H groups in total. The van der Waals surface area contributed by atoms with Gasteiger partial charge >= 0.3 is 0 Å². The van der Waals surface area contributed by atoms with Crippen molar-refractivity contribution in [2.24, 2.45) is 0 Å². The molecule has 0 aliphatic rings. The largest absolute Gasteiger partial charge is 0.256 e. The predicted molar refractivity (Wildman–Crippen MR) is 67.3 cm³/mol. The van der Waals surface area contributed by atoms with Crippen LogP contribution in [0.3, 0.4) is 0 Å². The van der Waals surface area contributed by atoms with Crippen LogP contribution >= 0.6 is 15.9 Å². The minimum Gasteiger partial charge on any atom is -0.256 e. The van der Waals surface area contributed by atoms with Crippen LogP contribution in [-0.2, 0) is 0 Å². The minimum absolute atomic E-state index is 0.960. The quantitative estimate of drug-likeness (QED) is 0.794. The van der Waals surface area contributed by atoms with Gasteiger partial charge in [-0.05, 0) is 39.7 Å². The molecule has 1 aromatic carbocycles. The standard InChI is InChI=1S/C13H10BrN/c14-12-7-9-13(15-10-12)8-6-11-4-2-1-3-5-11/h1-10H/b8-6+. The monoisotopic (exact) mass is 259 g/mol. The van der Waals surface area contributed by atoms with E-state index >= 15 is 0 Å². The Labute approximate surface area is 97.6 Å². The van der Waals surface area contributed by atoms with E-state index in [1.165, 1.54) is 5.56 Å². The molecule has 0 saturated heterocycles. The van der Waals surface area contributed by atoms with Gasteiger partial charge in [0.1, 0.15) is 0 Å². The minimum atomic E-state index is 0.960. The van der Waals surface area contributed by atoms with Crippen molar-refractivity contribution in [1.82, 2.24) is 4.98 Å². The number of benzene rings is 1. The third-order valence-electron chi connectivity index (χ3n) is 2.00. The van der Waals surface area contributed by atoms with Gasteiger partial charge in [-0.3, -0.25) is 4.98 Å². The van der Waals surface area contributed by atoms with Gasteiger partial charge in [0, 0.05) is 10.7 Å². The third kappa shape index (κ3) is 3.03. The van der Waals surface area contributed by atoms with E-state index in [9.17, 15) is 0 Å². The molecule has 0 atom stereocenters. The first-order chi connectivity index (χ1) is 7.34. The van der Waals surface area contributed by atoms with Crippen molar-refractivity contribution in [3.63, 3.8) is 0 Å². The van der Waals surface area contributed by atoms with Gasteiger partial charge in [-0.25, -0.2) is 0 Å². The van der Waals surface area contributed by atoms with E-state index in [0.717, 1.165) is 10.2 Å². The maximum atomic E-state index is 4.26. The number of halogens is 1. The molecule has 0 aliphatic carbocycles. The van der Waals surface area contributed by atoms with E-state index in [1.54, 1.807) is 6.20 Å². The lowest BCUT2D eigenvalue weighted by Gasteiger charge is -1.93. The van der Waals surface area contributed by atoms with Crippen LogP contribution in [0.1, 0.15) is 11.3 Å². The summed E-state index contributed by atoms with van der Waals surface area (Å²) in [5.74, 6) is 0. The van der Waals surface area contributed by atoms with Gasteiger partial charge in [-0.1, -0.05) is 36.4 Å². The SMILES string of the molecule is Brc1ccc(/C=C/c2ccccc2)nc1. The summed E-state index contributed by atoms with van der Waals surface area (Å²) in [6.45, 7) is 0. The fourth-order valence-electron chi connectivity index (χ4n) is 1.23. The van der Waals surface area contributed by atoms with E-state index in [1.807, 2.05) is 36.4 Å². The average molecular weight is 260 g/mol. The van der Waals surface area contributed by atoms with Gasteiger partial charge in [0.15, 0.2) is 0 Å². The summed E-state index contributed by atoms with van der Waals surface area (Å²) in [6.07, 6.45) is 5.85. The van der Waals surface area contributed by atoms with Crippen LogP contribution in [0.15, 0.2) is 53.1 Å². The Bertz CT molecular complexity index is 446. The summed E-state index contributed by atoms with van der Waals surface area (Å²) in [5.41, 5.74) is 2.14. The first-order valence-corrected chi connectivity index (χ1v) is 5.48. The lowest BCUT2D eigenvalue weighted by atomic mass is 10.2. The second kappa shape index (κ2) is 4.89. The van der Waals surface area contributed by atoms with E-state index in [4.69, 9.17) is 0 Å². The number of hydrogen-bond acceptors (Lipinski definition) is 1. The third-order valence-corrected chi connectivity index (χ3v) is 2.47. The molecule has 74 valence electrons. The van der Waals surface area contributed by atoms with Crippen molar-refractivity contribution in [2.75, 3.05) is 0 Å². The number of nitrogens with zero attached hydrogens (tertiary/aromatic N) is 1. The zero-order valence-corrected chi connectivity index (χ0v) is 9.68. The topological polar surface area (TPSA) is 12.9 Å². The van der Waals surface area contributed by atoms with Crippen molar-refractivity contribution in [3.05, 3.63) is 64.4 Å². The molecular weight excluding hydrogens is 250 g/mol. The van der Waals surface area contributed by atoms with Crippen LogP contribution in [0, 0.1) is 0 Å². The summed E-state index contributed by atoms with van der Waals surface area (Å²) in [7, 11) is 0. The Morgan fingerprint density at radius 2 is 1.73 bits per heavy atom. The molecule has 0 radical (unpaired) electrons. The van der Waals surface area contributed by atoms with Crippen LogP contribution in [0.25, 0.3) is 12.2 Å². The Morgan fingerprint density at radius 3 is 2.40 bits per heavy atom. The molecule has 0 amide bonds. The first kappa shape index (κ1) is 10.1. The van der Waals surface area contributed by atoms with E-state index in [2.05, 4.69) is 39.1 Å². The van der Waals surface area contributed by atoms with Crippen LogP contribution < -0.4 is 0 Å². The highest BCUT2D eigenvalue weighted by molar-refractivity contribution is 9.10. The van der Waals surface area contributed by atoms with Crippen LogP contribution in [0.5, 0.6) is 0 Å². The van der Waals surface area contributed by atoms with Gasteiger partial charge in [0.05, 0.1) is 5.69 Å². The normalized spacial score (nSPS) is 10.7. The van der Waals surface area contributed by atoms with E-state index in [0.29, 0.717) is 0 Å². The summed E-state index contributed by atoms with van der Waals surface area (Å²) in [6, 6.07) is 14.1. The maximum absolute atomic E-state index is 4.26. The molecule has 0 fully saturated rings. The van der Waals surface area contributed by atoms with Crippen molar-refractivity contribution in [3.8, 4) is 0 Å². The highest BCUT2D eigenvalue weighted by atomic mass is 79.9. The van der Waals surface area contributed by atoms with Gasteiger partial charge in [0.25, 0.3) is 0 Å². The van der Waals surface area contributed by atoms with Crippen molar-refractivity contribution < 1.29 is 0 Å². The van der Waals surface area contributed by atoms with Crippen molar-refractivity contribution >= 4 is 28.1 Å². The zero-order chi connectivity index (χ0) is 10.5. The first-order valence-electron chi connectivity index (χ1n) is 4.69. The second-order valence-corrected chi connectivity index (χ2v) is 4.06. The molecule has 1 nitrogen and oxygen atoms in total. The van der Waals surface area contributed by atoms with Gasteiger partial charge < -0.3 is 0 Å². The van der Waals surface area contributed by atoms with Crippen LogP contribution in [-0.4, -0.2) is 4.98 Å². The van der Waals surface area contributed by atoms with Crippen molar-refractivity contribution in [1.29, 1.82) is 0 Å². The molecule has 0 saturated carbocycles. The Morgan fingerprint density at radius 1 is 0.933 bits per heavy atom. The molecule has 2 aromatic rings. The molecule has 0 unspecified atom stereocenters. The number of aromatic nitrogens is 1. The summed E-state index contributed by atoms with van der Waals surface area (Å²) < 4.78 is 0.999. The molecule has 0 bridgehead atoms. The Hall–Kier alpha value is -1.41. The molecular formula is C13H10BrN. The number of hydrogen-bond donors (Lipinski definition) is 0. The van der Waals surface area contributed by atoms with Gasteiger partial charge in [-0.2, -0.15) is 0 Å². The molecule has 1 heterocycles. The molecule has 15 heavy (non-hydrogen) atoms. The summed E-state index contributed by atoms with van der Waals surface area (Å²) in [5, 5.41) is 0. The fourth-order valence-corrected chi connectivity index (χ4v) is 1.47. The number of rotatable bonds is 2. The second-order valence-electron chi connectivity index (χ2n) is 3.15. The molecule has 2 rings (SSSR count). The average Bonchev–Trinajstić information content (AvgIpc) is 2.30. The zero-order valence-electron chi connectivity index (χ0n) is 8.10. The smallest absolute Gasteiger partial charge is 0.0630 e. The Kier molecular flexibility index (Phi) is 3.30. The fraction of sp³-hybridized carbons (Fsp3) is 0. The maximum Gasteiger partial charge on any atom is 0.0630 e. The summed E-state index contributed by atoms with van der Waals surface area (Å²) in [4.78, 5) is 4.26.